The van der Waals surface area contributed by atoms with Crippen molar-refractivity contribution in [1.29, 1.82) is 0 Å². The van der Waals surface area contributed by atoms with E-state index in [4.69, 9.17) is 0 Å². The van der Waals surface area contributed by atoms with Gasteiger partial charge in [-0.15, -0.1) is 0 Å². The first kappa shape index (κ1) is 9.06. The fourth-order valence-corrected chi connectivity index (χ4v) is 2.17. The van der Waals surface area contributed by atoms with Crippen molar-refractivity contribution in [1.82, 2.24) is 0 Å². The maximum atomic E-state index is 9.17. The van der Waals surface area contributed by atoms with Gasteiger partial charge in [-0.25, -0.2) is 0 Å². The van der Waals surface area contributed by atoms with Crippen LogP contribution in [0.5, 0.6) is 5.75 Å². The van der Waals surface area contributed by atoms with Crippen LogP contribution in [0.3, 0.4) is 0 Å². The van der Waals surface area contributed by atoms with E-state index in [2.05, 4.69) is 22.6 Å². The van der Waals surface area contributed by atoms with Crippen molar-refractivity contribution in [2.24, 2.45) is 0 Å². The number of phenolic OH excluding ortho intramolecular Hbond substituents is 1. The highest BCUT2D eigenvalue weighted by molar-refractivity contribution is 14.1. The number of hydrogen-bond acceptors (Lipinski definition) is 1. The summed E-state index contributed by atoms with van der Waals surface area (Å²) in [6.45, 7) is 0. The highest BCUT2D eigenvalue weighted by Crippen LogP contribution is 2.19. The normalized spacial score (nSPS) is 10.3. The van der Waals surface area contributed by atoms with Gasteiger partial charge in [-0.2, -0.15) is 0 Å². The van der Waals surface area contributed by atoms with Gasteiger partial charge in [0.25, 0.3) is 0 Å². The lowest BCUT2D eigenvalue weighted by atomic mass is 10.2. The highest BCUT2D eigenvalue weighted by atomic mass is 127. The second-order valence-electron chi connectivity index (χ2n) is 2.53. The minimum absolute atomic E-state index is 0.385. The molecule has 60 valence electrons. The predicted molar refractivity (Wildman–Crippen MR) is 59.3 cm³/mol. The molecule has 0 radical (unpaired) electrons. The third-order valence-electron chi connectivity index (χ3n) is 1.55. The van der Waals surface area contributed by atoms with Crippen LogP contribution in [0.25, 0.3) is 0 Å². The average molecular weight is 278 g/mol. The van der Waals surface area contributed by atoms with Crippen LogP contribution < -0.4 is 0 Å². The maximum absolute atomic E-state index is 9.17. The number of aromatic hydroxyl groups is 1. The fourth-order valence-electron chi connectivity index (χ4n) is 1.02. The van der Waals surface area contributed by atoms with Crippen LogP contribution in [0, 0.1) is 3.57 Å². The molecule has 0 saturated carbocycles. The van der Waals surface area contributed by atoms with Gasteiger partial charge < -0.3 is 5.11 Å². The second kappa shape index (κ2) is 4.11. The molecule has 0 heterocycles. The highest BCUT2D eigenvalue weighted by Gasteiger charge is 1.98. The molecule has 1 N–H and O–H groups in total. The minimum atomic E-state index is 0.385. The van der Waals surface area contributed by atoms with E-state index in [0.29, 0.717) is 5.75 Å². The Morgan fingerprint density at radius 2 is 2.18 bits per heavy atom. The number of halogens is 1. The summed E-state index contributed by atoms with van der Waals surface area (Å²) >= 11 is 2.30. The average Bonchev–Trinajstić information content (AvgIpc) is 1.98. The molecule has 0 aliphatic heterocycles. The van der Waals surface area contributed by atoms with Crippen LogP contribution in [-0.2, 0) is 6.42 Å². The molecule has 1 aromatic carbocycles. The zero-order valence-electron chi connectivity index (χ0n) is 6.47. The standard InChI is InChI=1S/C8H11IOSi/c9-8-2-1-7(10)5-6(8)3-4-11/h1-2,5,10H,3-4H2,11H3. The molecule has 0 saturated heterocycles. The van der Waals surface area contributed by atoms with E-state index < -0.39 is 0 Å². The summed E-state index contributed by atoms with van der Waals surface area (Å²) < 4.78 is 1.26. The summed E-state index contributed by atoms with van der Waals surface area (Å²) in [5.74, 6) is 0.385. The predicted octanol–water partition coefficient (Wildman–Crippen LogP) is 1.32. The van der Waals surface area contributed by atoms with E-state index in [-0.39, 0.29) is 0 Å². The van der Waals surface area contributed by atoms with Gasteiger partial charge in [0.15, 0.2) is 0 Å². The Hall–Kier alpha value is -0.0331. The molecular weight excluding hydrogens is 267 g/mol. The molecule has 0 spiro atoms. The SMILES string of the molecule is Oc1ccc(I)c(CC[SiH3])c1. The lowest BCUT2D eigenvalue weighted by Crippen LogP contribution is -1.87. The molecule has 1 rings (SSSR count). The molecule has 0 bridgehead atoms. The summed E-state index contributed by atoms with van der Waals surface area (Å²) in [5.41, 5.74) is 1.28. The summed E-state index contributed by atoms with van der Waals surface area (Å²) in [6, 6.07) is 6.82. The Bertz CT molecular complexity index is 250. The van der Waals surface area contributed by atoms with Crippen molar-refractivity contribution >= 4 is 32.8 Å². The quantitative estimate of drug-likeness (QED) is 0.639. The molecular formula is C8H11IOSi. The van der Waals surface area contributed by atoms with Crippen molar-refractivity contribution in [2.45, 2.75) is 12.5 Å². The van der Waals surface area contributed by atoms with E-state index in [1.807, 2.05) is 12.1 Å². The van der Waals surface area contributed by atoms with Crippen LogP contribution in [-0.4, -0.2) is 15.3 Å². The zero-order chi connectivity index (χ0) is 8.27. The van der Waals surface area contributed by atoms with Gasteiger partial charge in [-0.3, -0.25) is 0 Å². The first-order valence-corrected chi connectivity index (χ1v) is 6.20. The first-order chi connectivity index (χ1) is 5.24. The third-order valence-corrected chi connectivity index (χ3v) is 3.10. The molecule has 1 nitrogen and oxygen atoms in total. The molecule has 0 atom stereocenters. The molecule has 1 aromatic rings. The Labute approximate surface area is 83.4 Å². The number of aryl methyl sites for hydroxylation is 1. The first-order valence-electron chi connectivity index (χ1n) is 3.71. The van der Waals surface area contributed by atoms with Crippen LogP contribution >= 0.6 is 22.6 Å². The minimum Gasteiger partial charge on any atom is -0.508 e. The van der Waals surface area contributed by atoms with Crippen molar-refractivity contribution in [2.75, 3.05) is 0 Å². The van der Waals surface area contributed by atoms with E-state index >= 15 is 0 Å². The van der Waals surface area contributed by atoms with Crippen molar-refractivity contribution in [3.8, 4) is 5.75 Å². The Kier molecular flexibility index (Phi) is 3.38. The van der Waals surface area contributed by atoms with Crippen LogP contribution in [0.1, 0.15) is 5.56 Å². The smallest absolute Gasteiger partial charge is 0.115 e. The fraction of sp³-hybridized carbons (Fsp3) is 0.250. The van der Waals surface area contributed by atoms with Gasteiger partial charge >= 0.3 is 0 Å². The third kappa shape index (κ3) is 2.48. The molecule has 3 heteroatoms. The van der Waals surface area contributed by atoms with Gasteiger partial charge in [-0.1, -0.05) is 6.04 Å². The Morgan fingerprint density at radius 1 is 1.45 bits per heavy atom. The molecule has 11 heavy (non-hydrogen) atoms. The molecule has 0 fully saturated rings. The largest absolute Gasteiger partial charge is 0.508 e. The van der Waals surface area contributed by atoms with Crippen molar-refractivity contribution in [3.05, 3.63) is 27.3 Å². The Balaban J connectivity index is 2.93. The summed E-state index contributed by atoms with van der Waals surface area (Å²) in [5, 5.41) is 9.17. The molecule has 0 aliphatic rings. The molecule has 0 amide bonds. The van der Waals surface area contributed by atoms with Gasteiger partial charge in [0.1, 0.15) is 5.75 Å². The van der Waals surface area contributed by atoms with Gasteiger partial charge in [0, 0.05) is 13.8 Å². The van der Waals surface area contributed by atoms with Crippen LogP contribution in [0.2, 0.25) is 6.04 Å². The molecule has 0 unspecified atom stereocenters. The second-order valence-corrected chi connectivity index (χ2v) is 4.69. The summed E-state index contributed by atoms with van der Waals surface area (Å²) in [6.07, 6.45) is 1.11. The van der Waals surface area contributed by atoms with E-state index in [1.54, 1.807) is 6.07 Å². The number of hydrogen-bond donors (Lipinski definition) is 1. The summed E-state index contributed by atoms with van der Waals surface area (Å²) in [7, 11) is 1.23. The number of phenols is 1. The maximum Gasteiger partial charge on any atom is 0.115 e. The zero-order valence-corrected chi connectivity index (χ0v) is 10.6. The number of rotatable bonds is 2. The Morgan fingerprint density at radius 3 is 2.82 bits per heavy atom. The molecule has 0 aliphatic carbocycles. The topological polar surface area (TPSA) is 20.2 Å². The van der Waals surface area contributed by atoms with Gasteiger partial charge in [-0.05, 0) is 52.8 Å². The summed E-state index contributed by atoms with van der Waals surface area (Å²) in [4.78, 5) is 0. The van der Waals surface area contributed by atoms with Crippen LogP contribution in [0.4, 0.5) is 0 Å². The van der Waals surface area contributed by atoms with Crippen molar-refractivity contribution in [3.63, 3.8) is 0 Å². The lowest BCUT2D eigenvalue weighted by Gasteiger charge is -2.02. The monoisotopic (exact) mass is 278 g/mol. The van der Waals surface area contributed by atoms with Gasteiger partial charge in [0.05, 0.1) is 0 Å². The van der Waals surface area contributed by atoms with Crippen molar-refractivity contribution < 1.29 is 5.11 Å². The van der Waals surface area contributed by atoms with E-state index in [0.717, 1.165) is 6.42 Å². The van der Waals surface area contributed by atoms with E-state index in [9.17, 15) is 5.11 Å². The van der Waals surface area contributed by atoms with Crippen LogP contribution in [0.15, 0.2) is 18.2 Å². The van der Waals surface area contributed by atoms with Gasteiger partial charge in [0.2, 0.25) is 0 Å². The number of benzene rings is 1. The van der Waals surface area contributed by atoms with E-state index in [1.165, 1.54) is 25.4 Å². The lowest BCUT2D eigenvalue weighted by molar-refractivity contribution is 0.474. The molecule has 0 aromatic heterocycles.